The standard InChI is InChI=1S/C28H39N5O3/c1-7-21(34)11-9-8-10-12-23(32-27(35)36-28(2,3)4)26-29-18-24(31-26)20-13-15-22-19(17-20)14-16-25(30-22)33(5)6/h13-18,23H,7-12H2,1-6H3,(H,29,31)(H,32,35)/t23-/m0/s1. The third-order valence-electron chi connectivity index (χ3n) is 5.90. The van der Waals surface area contributed by atoms with E-state index in [1.807, 2.05) is 64.9 Å². The number of aromatic amines is 1. The lowest BCUT2D eigenvalue weighted by molar-refractivity contribution is -0.118. The van der Waals surface area contributed by atoms with Gasteiger partial charge in [-0.15, -0.1) is 0 Å². The predicted molar refractivity (Wildman–Crippen MR) is 144 cm³/mol. The Labute approximate surface area is 213 Å². The Morgan fingerprint density at radius 3 is 2.58 bits per heavy atom. The molecule has 0 bridgehead atoms. The fourth-order valence-corrected chi connectivity index (χ4v) is 3.94. The van der Waals surface area contributed by atoms with Crippen molar-refractivity contribution in [3.8, 4) is 11.3 Å². The Morgan fingerprint density at radius 1 is 1.11 bits per heavy atom. The van der Waals surface area contributed by atoms with E-state index in [9.17, 15) is 9.59 Å². The number of ether oxygens (including phenoxy) is 1. The molecule has 3 aromatic rings. The van der Waals surface area contributed by atoms with Crippen molar-refractivity contribution in [2.24, 2.45) is 0 Å². The highest BCUT2D eigenvalue weighted by molar-refractivity contribution is 5.85. The number of rotatable bonds is 11. The lowest BCUT2D eigenvalue weighted by Gasteiger charge is -2.23. The van der Waals surface area contributed by atoms with Crippen LogP contribution in [0.5, 0.6) is 0 Å². The highest BCUT2D eigenvalue weighted by Gasteiger charge is 2.22. The molecule has 0 aliphatic carbocycles. The average Bonchev–Trinajstić information content (AvgIpc) is 3.31. The largest absolute Gasteiger partial charge is 0.444 e. The topological polar surface area (TPSA) is 100 Å². The second-order valence-corrected chi connectivity index (χ2v) is 10.3. The zero-order chi connectivity index (χ0) is 26.3. The fourth-order valence-electron chi connectivity index (χ4n) is 3.94. The van der Waals surface area contributed by atoms with Crippen molar-refractivity contribution in [1.82, 2.24) is 20.3 Å². The molecular formula is C28H39N5O3. The summed E-state index contributed by atoms with van der Waals surface area (Å²) in [7, 11) is 3.95. The van der Waals surface area contributed by atoms with Gasteiger partial charge in [-0.1, -0.05) is 25.8 Å². The average molecular weight is 494 g/mol. The van der Waals surface area contributed by atoms with Crippen LogP contribution in [0.25, 0.3) is 22.2 Å². The van der Waals surface area contributed by atoms with Gasteiger partial charge in [0.2, 0.25) is 0 Å². The van der Waals surface area contributed by atoms with Crippen molar-refractivity contribution in [3.63, 3.8) is 0 Å². The summed E-state index contributed by atoms with van der Waals surface area (Å²) in [5.41, 5.74) is 2.20. The molecule has 0 saturated carbocycles. The number of hydrogen-bond acceptors (Lipinski definition) is 6. The van der Waals surface area contributed by atoms with Crippen LogP contribution in [0, 0.1) is 0 Å². The predicted octanol–water partition coefficient (Wildman–Crippen LogP) is 6.19. The van der Waals surface area contributed by atoms with Crippen LogP contribution in [0.1, 0.15) is 78.1 Å². The minimum atomic E-state index is -0.588. The number of alkyl carbamates (subject to hydrolysis) is 1. The first-order valence-corrected chi connectivity index (χ1v) is 12.7. The van der Waals surface area contributed by atoms with Gasteiger partial charge >= 0.3 is 6.09 Å². The van der Waals surface area contributed by atoms with Gasteiger partial charge in [0, 0.05) is 37.9 Å². The number of carbonyl (C=O) groups excluding carboxylic acids is 2. The molecule has 1 amide bonds. The molecule has 0 fully saturated rings. The Balaban J connectivity index is 1.75. The monoisotopic (exact) mass is 493 g/mol. The number of fused-ring (bicyclic) bond motifs is 1. The third-order valence-corrected chi connectivity index (χ3v) is 5.90. The molecule has 0 saturated heterocycles. The number of hydrogen-bond donors (Lipinski definition) is 2. The van der Waals surface area contributed by atoms with Crippen LogP contribution in [0.3, 0.4) is 0 Å². The number of aromatic nitrogens is 3. The molecule has 0 aliphatic heterocycles. The highest BCUT2D eigenvalue weighted by atomic mass is 16.6. The smallest absolute Gasteiger partial charge is 0.408 e. The van der Waals surface area contributed by atoms with E-state index < -0.39 is 11.7 Å². The molecule has 0 unspecified atom stereocenters. The summed E-state index contributed by atoms with van der Waals surface area (Å²) in [6, 6.07) is 9.85. The van der Waals surface area contributed by atoms with E-state index in [1.54, 1.807) is 6.20 Å². The van der Waals surface area contributed by atoms with Gasteiger partial charge in [0.25, 0.3) is 0 Å². The van der Waals surface area contributed by atoms with Gasteiger partial charge in [0.1, 0.15) is 23.0 Å². The number of nitrogens with zero attached hydrogens (tertiary/aromatic N) is 3. The van der Waals surface area contributed by atoms with Crippen molar-refractivity contribution in [2.75, 3.05) is 19.0 Å². The molecule has 2 aromatic heterocycles. The lowest BCUT2D eigenvalue weighted by Crippen LogP contribution is -2.35. The van der Waals surface area contributed by atoms with Crippen LogP contribution < -0.4 is 10.2 Å². The van der Waals surface area contributed by atoms with E-state index in [0.717, 1.165) is 47.2 Å². The van der Waals surface area contributed by atoms with Crippen LogP contribution >= 0.6 is 0 Å². The van der Waals surface area contributed by atoms with Gasteiger partial charge in [-0.2, -0.15) is 0 Å². The van der Waals surface area contributed by atoms with Gasteiger partial charge in [0.15, 0.2) is 0 Å². The van der Waals surface area contributed by atoms with Crippen molar-refractivity contribution in [2.45, 2.75) is 77.9 Å². The molecule has 194 valence electrons. The summed E-state index contributed by atoms with van der Waals surface area (Å²) >= 11 is 0. The van der Waals surface area contributed by atoms with Crippen molar-refractivity contribution < 1.29 is 14.3 Å². The summed E-state index contributed by atoms with van der Waals surface area (Å²) in [5.74, 6) is 1.88. The van der Waals surface area contributed by atoms with Crippen LogP contribution in [0.4, 0.5) is 10.6 Å². The molecule has 0 spiro atoms. The number of Topliss-reactive ketones (excluding diaryl/α,β-unsaturated/α-hetero) is 1. The normalized spacial score (nSPS) is 12.4. The van der Waals surface area contributed by atoms with E-state index in [2.05, 4.69) is 32.4 Å². The summed E-state index contributed by atoms with van der Waals surface area (Å²) in [4.78, 5) is 38.8. The first kappa shape index (κ1) is 27.2. The van der Waals surface area contributed by atoms with Gasteiger partial charge in [-0.25, -0.2) is 14.8 Å². The molecule has 1 aromatic carbocycles. The van der Waals surface area contributed by atoms with Crippen LogP contribution in [-0.2, 0) is 9.53 Å². The maximum atomic E-state index is 12.5. The van der Waals surface area contributed by atoms with Crippen molar-refractivity contribution in [3.05, 3.63) is 42.4 Å². The Hall–Kier alpha value is -3.42. The van der Waals surface area contributed by atoms with Gasteiger partial charge < -0.3 is 19.9 Å². The first-order chi connectivity index (χ1) is 17.1. The zero-order valence-corrected chi connectivity index (χ0v) is 22.4. The number of benzene rings is 1. The van der Waals surface area contributed by atoms with Crippen molar-refractivity contribution >= 4 is 28.6 Å². The number of carbonyl (C=O) groups is 2. The highest BCUT2D eigenvalue weighted by Crippen LogP contribution is 2.26. The number of amides is 1. The number of ketones is 1. The summed E-state index contributed by atoms with van der Waals surface area (Å²) in [5, 5.41) is 4.02. The number of imidazole rings is 1. The molecule has 3 rings (SSSR count). The molecule has 2 heterocycles. The van der Waals surface area contributed by atoms with E-state index in [-0.39, 0.29) is 11.8 Å². The molecule has 0 aliphatic rings. The molecule has 2 N–H and O–H groups in total. The Kier molecular flexibility index (Phi) is 9.07. The van der Waals surface area contributed by atoms with Crippen LogP contribution in [-0.4, -0.2) is 46.5 Å². The minimum absolute atomic E-state index is 0.289. The van der Waals surface area contributed by atoms with Crippen LogP contribution in [0.2, 0.25) is 0 Å². The number of pyridine rings is 1. The lowest BCUT2D eigenvalue weighted by atomic mass is 10.0. The molecule has 36 heavy (non-hydrogen) atoms. The Bertz CT molecular complexity index is 1180. The Morgan fingerprint density at radius 2 is 1.89 bits per heavy atom. The zero-order valence-electron chi connectivity index (χ0n) is 22.4. The van der Waals surface area contributed by atoms with Crippen molar-refractivity contribution in [1.29, 1.82) is 0 Å². The maximum absolute atomic E-state index is 12.5. The molecule has 8 nitrogen and oxygen atoms in total. The van der Waals surface area contributed by atoms with E-state index in [4.69, 9.17) is 4.74 Å². The number of H-pyrrole nitrogens is 1. The summed E-state index contributed by atoms with van der Waals surface area (Å²) in [6.07, 6.45) is 5.85. The number of anilines is 1. The van der Waals surface area contributed by atoms with Gasteiger partial charge in [-0.05, 0) is 57.9 Å². The van der Waals surface area contributed by atoms with E-state index >= 15 is 0 Å². The molecular weight excluding hydrogens is 454 g/mol. The SMILES string of the molecule is CCC(=O)CCCCC[C@H](NC(=O)OC(C)(C)C)c1ncc(-c2ccc3nc(N(C)C)ccc3c2)[nH]1. The quantitative estimate of drug-likeness (QED) is 0.309. The van der Waals surface area contributed by atoms with Gasteiger partial charge in [0.05, 0.1) is 23.4 Å². The maximum Gasteiger partial charge on any atom is 0.408 e. The second-order valence-electron chi connectivity index (χ2n) is 10.3. The van der Waals surface area contributed by atoms with E-state index in [0.29, 0.717) is 25.1 Å². The van der Waals surface area contributed by atoms with E-state index in [1.165, 1.54) is 0 Å². The summed E-state index contributed by atoms with van der Waals surface area (Å²) < 4.78 is 5.48. The van der Waals surface area contributed by atoms with Crippen LogP contribution in [0.15, 0.2) is 36.5 Å². The van der Waals surface area contributed by atoms with Gasteiger partial charge in [-0.3, -0.25) is 4.79 Å². The number of unbranched alkanes of at least 4 members (excludes halogenated alkanes) is 2. The fraction of sp³-hybridized carbons (Fsp3) is 0.500. The third kappa shape index (κ3) is 7.80. The number of nitrogens with one attached hydrogen (secondary N) is 2. The molecule has 1 atom stereocenters. The molecule has 0 radical (unpaired) electrons. The minimum Gasteiger partial charge on any atom is -0.444 e. The molecule has 8 heteroatoms. The second kappa shape index (κ2) is 12.0. The summed E-state index contributed by atoms with van der Waals surface area (Å²) in [6.45, 7) is 7.42. The first-order valence-electron chi connectivity index (χ1n) is 12.7.